The number of aromatic nitrogens is 2. The number of carboxylic acids is 1. The molecule has 2 aromatic heterocycles. The van der Waals surface area contributed by atoms with Gasteiger partial charge in [0.05, 0.1) is 13.2 Å². The molecule has 2 aromatic rings. The van der Waals surface area contributed by atoms with Crippen molar-refractivity contribution in [3.63, 3.8) is 0 Å². The third kappa shape index (κ3) is 2.41. The fourth-order valence-corrected chi connectivity index (χ4v) is 2.39. The first-order valence-electron chi connectivity index (χ1n) is 6.75. The number of carboxylic acid groups (broad SMARTS) is 1. The van der Waals surface area contributed by atoms with Crippen LogP contribution in [-0.2, 0) is 9.53 Å². The molecule has 0 bridgehead atoms. The largest absolute Gasteiger partial charge is 0.479 e. The molecule has 3 heterocycles. The Morgan fingerprint density at radius 2 is 2.23 bits per heavy atom. The highest BCUT2D eigenvalue weighted by molar-refractivity contribution is 5.93. The first-order valence-corrected chi connectivity index (χ1v) is 6.75. The molecule has 0 spiro atoms. The van der Waals surface area contributed by atoms with Gasteiger partial charge < -0.3 is 14.7 Å². The summed E-state index contributed by atoms with van der Waals surface area (Å²) in [5.41, 5.74) is 0.853. The van der Waals surface area contributed by atoms with Gasteiger partial charge in [0.2, 0.25) is 5.95 Å². The van der Waals surface area contributed by atoms with Crippen LogP contribution >= 0.6 is 0 Å². The van der Waals surface area contributed by atoms with Crippen molar-refractivity contribution in [1.82, 2.24) is 14.3 Å². The Hall–Kier alpha value is -2.48. The number of pyridine rings is 1. The summed E-state index contributed by atoms with van der Waals surface area (Å²) in [7, 11) is 0. The summed E-state index contributed by atoms with van der Waals surface area (Å²) < 4.78 is 20.6. The maximum Gasteiger partial charge on any atom is 0.334 e. The van der Waals surface area contributed by atoms with Gasteiger partial charge in [-0.15, -0.1) is 0 Å². The van der Waals surface area contributed by atoms with Crippen LogP contribution < -0.4 is 0 Å². The average molecular weight is 307 g/mol. The Morgan fingerprint density at radius 1 is 1.45 bits per heavy atom. The maximum absolute atomic E-state index is 14.4. The van der Waals surface area contributed by atoms with Gasteiger partial charge in [-0.25, -0.2) is 9.78 Å². The lowest BCUT2D eigenvalue weighted by Crippen LogP contribution is -2.48. The summed E-state index contributed by atoms with van der Waals surface area (Å²) in [4.78, 5) is 28.6. The summed E-state index contributed by atoms with van der Waals surface area (Å²) in [5.74, 6) is -2.53. The molecule has 1 saturated heterocycles. The highest BCUT2D eigenvalue weighted by Crippen LogP contribution is 2.16. The SMILES string of the molecule is Cc1ccc2nc(C(=O)N3CCO[C@H](C(=O)O)C3)c(F)n2c1. The van der Waals surface area contributed by atoms with Gasteiger partial charge >= 0.3 is 5.97 Å². The minimum absolute atomic E-state index is 0.0941. The summed E-state index contributed by atoms with van der Waals surface area (Å²) in [6, 6.07) is 3.39. The first kappa shape index (κ1) is 14.5. The molecule has 7 nitrogen and oxygen atoms in total. The number of hydrogen-bond donors (Lipinski definition) is 1. The van der Waals surface area contributed by atoms with Gasteiger partial charge in [-0.3, -0.25) is 9.20 Å². The predicted octanol–water partition coefficient (Wildman–Crippen LogP) is 0.707. The van der Waals surface area contributed by atoms with Crippen molar-refractivity contribution in [2.24, 2.45) is 0 Å². The van der Waals surface area contributed by atoms with Crippen molar-refractivity contribution in [2.45, 2.75) is 13.0 Å². The quantitative estimate of drug-likeness (QED) is 0.883. The van der Waals surface area contributed by atoms with Crippen molar-refractivity contribution in [1.29, 1.82) is 0 Å². The van der Waals surface area contributed by atoms with Crippen molar-refractivity contribution < 1.29 is 23.8 Å². The van der Waals surface area contributed by atoms with Crippen molar-refractivity contribution >= 4 is 17.5 Å². The lowest BCUT2D eigenvalue weighted by Gasteiger charge is -2.30. The average Bonchev–Trinajstić information content (AvgIpc) is 2.83. The van der Waals surface area contributed by atoms with E-state index < -0.39 is 23.9 Å². The number of carbonyl (C=O) groups excluding carboxylic acids is 1. The van der Waals surface area contributed by atoms with Gasteiger partial charge in [0.15, 0.2) is 11.8 Å². The number of imidazole rings is 1. The zero-order valence-electron chi connectivity index (χ0n) is 11.8. The molecule has 116 valence electrons. The molecule has 0 aliphatic carbocycles. The van der Waals surface area contributed by atoms with Crippen LogP contribution in [0.3, 0.4) is 0 Å². The van der Waals surface area contributed by atoms with Gasteiger partial charge in [0.1, 0.15) is 5.65 Å². The lowest BCUT2D eigenvalue weighted by atomic mass is 10.2. The number of nitrogens with zero attached hydrogens (tertiary/aromatic N) is 3. The predicted molar refractivity (Wildman–Crippen MR) is 73.2 cm³/mol. The van der Waals surface area contributed by atoms with E-state index in [4.69, 9.17) is 9.84 Å². The normalized spacial score (nSPS) is 18.6. The maximum atomic E-state index is 14.4. The number of hydrogen-bond acceptors (Lipinski definition) is 4. The van der Waals surface area contributed by atoms with Gasteiger partial charge in [-0.1, -0.05) is 6.07 Å². The number of aryl methyl sites for hydroxylation is 1. The number of halogens is 1. The number of ether oxygens (including phenoxy) is 1. The van der Waals surface area contributed by atoms with Gasteiger partial charge in [-0.2, -0.15) is 4.39 Å². The highest BCUT2D eigenvalue weighted by Gasteiger charge is 2.32. The van der Waals surface area contributed by atoms with Gasteiger partial charge in [0, 0.05) is 12.7 Å². The van der Waals surface area contributed by atoms with Crippen LogP contribution in [0, 0.1) is 12.9 Å². The van der Waals surface area contributed by atoms with Crippen LogP contribution in [0.15, 0.2) is 18.3 Å². The third-order valence-electron chi connectivity index (χ3n) is 3.54. The van der Waals surface area contributed by atoms with Crippen LogP contribution in [0.4, 0.5) is 4.39 Å². The molecule has 1 aliphatic heterocycles. The Morgan fingerprint density at radius 3 is 2.95 bits per heavy atom. The van der Waals surface area contributed by atoms with Crippen LogP contribution in [0.1, 0.15) is 16.1 Å². The van der Waals surface area contributed by atoms with E-state index in [9.17, 15) is 14.0 Å². The fourth-order valence-electron chi connectivity index (χ4n) is 2.39. The fraction of sp³-hybridized carbons (Fsp3) is 0.357. The molecule has 3 rings (SSSR count). The van der Waals surface area contributed by atoms with E-state index in [0.717, 1.165) is 5.56 Å². The molecule has 0 saturated carbocycles. The third-order valence-corrected chi connectivity index (χ3v) is 3.54. The zero-order valence-corrected chi connectivity index (χ0v) is 11.8. The van der Waals surface area contributed by atoms with E-state index in [1.54, 1.807) is 25.3 Å². The van der Waals surface area contributed by atoms with E-state index in [2.05, 4.69) is 4.98 Å². The molecular weight excluding hydrogens is 293 g/mol. The van der Waals surface area contributed by atoms with Crippen LogP contribution in [-0.4, -0.2) is 57.1 Å². The minimum atomic E-state index is -1.15. The number of aliphatic carboxylic acids is 1. The monoisotopic (exact) mass is 307 g/mol. The molecule has 22 heavy (non-hydrogen) atoms. The summed E-state index contributed by atoms with van der Waals surface area (Å²) in [6.45, 7) is 1.98. The second kappa shape index (κ2) is 5.38. The van der Waals surface area contributed by atoms with E-state index in [-0.39, 0.29) is 25.4 Å². The molecule has 0 radical (unpaired) electrons. The molecular formula is C14H14FN3O4. The molecule has 1 aliphatic rings. The highest BCUT2D eigenvalue weighted by atomic mass is 19.1. The van der Waals surface area contributed by atoms with Crippen LogP contribution in [0.5, 0.6) is 0 Å². The lowest BCUT2D eigenvalue weighted by molar-refractivity contribution is -0.154. The van der Waals surface area contributed by atoms with Crippen LogP contribution in [0.25, 0.3) is 5.65 Å². The summed E-state index contributed by atoms with van der Waals surface area (Å²) in [6.07, 6.45) is 0.452. The molecule has 0 aromatic carbocycles. The molecule has 0 unspecified atom stereocenters. The summed E-state index contributed by atoms with van der Waals surface area (Å²) >= 11 is 0. The van der Waals surface area contributed by atoms with E-state index in [1.807, 2.05) is 0 Å². The van der Waals surface area contributed by atoms with Crippen molar-refractivity contribution in [3.05, 3.63) is 35.5 Å². The number of carbonyl (C=O) groups is 2. The van der Waals surface area contributed by atoms with Gasteiger partial charge in [0.25, 0.3) is 5.91 Å². The Balaban J connectivity index is 1.92. The molecule has 1 fully saturated rings. The minimum Gasteiger partial charge on any atom is -0.479 e. The van der Waals surface area contributed by atoms with Crippen molar-refractivity contribution in [2.75, 3.05) is 19.7 Å². The molecule has 8 heteroatoms. The smallest absolute Gasteiger partial charge is 0.334 e. The van der Waals surface area contributed by atoms with E-state index in [0.29, 0.717) is 5.65 Å². The Labute approximate surface area is 124 Å². The number of rotatable bonds is 2. The van der Waals surface area contributed by atoms with E-state index in [1.165, 1.54) is 9.30 Å². The van der Waals surface area contributed by atoms with E-state index >= 15 is 0 Å². The van der Waals surface area contributed by atoms with Crippen LogP contribution in [0.2, 0.25) is 0 Å². The molecule has 1 amide bonds. The number of amides is 1. The Bertz CT molecular complexity index is 758. The second-order valence-electron chi connectivity index (χ2n) is 5.13. The topological polar surface area (TPSA) is 84.1 Å². The molecule has 1 atom stereocenters. The van der Waals surface area contributed by atoms with Gasteiger partial charge in [-0.05, 0) is 18.6 Å². The standard InChI is InChI=1S/C14H14FN3O4/c1-8-2-3-10-16-11(12(15)18(10)6-8)13(19)17-4-5-22-9(7-17)14(20)21/h2-3,6,9H,4-5,7H2,1H3,(H,20,21)/t9-/m0/s1. The van der Waals surface area contributed by atoms with Crippen molar-refractivity contribution in [3.8, 4) is 0 Å². The zero-order chi connectivity index (χ0) is 15.9. The summed E-state index contributed by atoms with van der Waals surface area (Å²) in [5, 5.41) is 8.95. The number of fused-ring (bicyclic) bond motifs is 1. The number of morpholine rings is 1. The second-order valence-corrected chi connectivity index (χ2v) is 5.13. The Kier molecular flexibility index (Phi) is 3.53. The first-order chi connectivity index (χ1) is 10.5. The molecule has 1 N–H and O–H groups in total.